The van der Waals surface area contributed by atoms with Crippen LogP contribution in [0.5, 0.6) is 0 Å². The first-order valence-electron chi connectivity index (χ1n) is 29.9. The van der Waals surface area contributed by atoms with E-state index in [9.17, 15) is 14.4 Å². The van der Waals surface area contributed by atoms with Crippen LogP contribution in [0.4, 0.5) is 0 Å². The van der Waals surface area contributed by atoms with Crippen molar-refractivity contribution in [1.29, 1.82) is 0 Å². The quantitative estimate of drug-likeness (QED) is 0.0343. The van der Waals surface area contributed by atoms with Crippen LogP contribution in [0.3, 0.4) is 0 Å². The Morgan fingerprint density at radius 2 is 0.530 bits per heavy atom. The van der Waals surface area contributed by atoms with Crippen LogP contribution >= 0.6 is 0 Å². The van der Waals surface area contributed by atoms with E-state index in [2.05, 4.69) is 27.7 Å². The lowest BCUT2D eigenvalue weighted by Crippen LogP contribution is -2.30. The second-order valence-electron chi connectivity index (χ2n) is 20.9. The van der Waals surface area contributed by atoms with Gasteiger partial charge < -0.3 is 14.2 Å². The molecule has 0 aliphatic rings. The predicted molar refractivity (Wildman–Crippen MR) is 284 cm³/mol. The number of carbonyl (C=O) groups excluding carboxylic acids is 3. The molecule has 0 aromatic heterocycles. The molecule has 0 aliphatic heterocycles. The van der Waals surface area contributed by atoms with Gasteiger partial charge in [-0.1, -0.05) is 304 Å². The highest BCUT2D eigenvalue weighted by atomic mass is 16.6. The molecule has 6 heteroatoms. The molecule has 0 N–H and O–H groups in total. The number of rotatable bonds is 55. The molecule has 392 valence electrons. The van der Waals surface area contributed by atoms with Gasteiger partial charge in [-0.15, -0.1) is 0 Å². The number of hydrogen-bond acceptors (Lipinski definition) is 6. The molecule has 0 bridgehead atoms. The van der Waals surface area contributed by atoms with Crippen LogP contribution < -0.4 is 0 Å². The van der Waals surface area contributed by atoms with Gasteiger partial charge in [0.25, 0.3) is 0 Å². The van der Waals surface area contributed by atoms with Gasteiger partial charge in [0.1, 0.15) is 13.2 Å². The zero-order valence-electron chi connectivity index (χ0n) is 45.2. The Labute approximate surface area is 412 Å². The second kappa shape index (κ2) is 54.4. The van der Waals surface area contributed by atoms with Crippen LogP contribution in [0.2, 0.25) is 0 Å². The van der Waals surface area contributed by atoms with Gasteiger partial charge in [-0.25, -0.2) is 0 Å². The van der Waals surface area contributed by atoms with Gasteiger partial charge in [0, 0.05) is 19.3 Å². The fourth-order valence-corrected chi connectivity index (χ4v) is 9.25. The molecule has 0 heterocycles. The van der Waals surface area contributed by atoms with Gasteiger partial charge >= 0.3 is 17.9 Å². The van der Waals surface area contributed by atoms with Gasteiger partial charge in [0.15, 0.2) is 6.10 Å². The monoisotopic (exact) mass is 933 g/mol. The lowest BCUT2D eigenvalue weighted by molar-refractivity contribution is -0.167. The molecule has 0 saturated heterocycles. The lowest BCUT2D eigenvalue weighted by Gasteiger charge is -2.18. The summed E-state index contributed by atoms with van der Waals surface area (Å²) in [6.45, 7) is 9.11. The molecular formula is C60H116O6. The van der Waals surface area contributed by atoms with Crippen molar-refractivity contribution in [3.05, 3.63) is 0 Å². The van der Waals surface area contributed by atoms with E-state index in [1.54, 1.807) is 0 Å². The number of unbranched alkanes of at least 4 members (excludes halogenated alkanes) is 41. The predicted octanol–water partition coefficient (Wildman–Crippen LogP) is 19.8. The smallest absolute Gasteiger partial charge is 0.306 e. The largest absolute Gasteiger partial charge is 0.462 e. The minimum absolute atomic E-state index is 0.0616. The van der Waals surface area contributed by atoms with Gasteiger partial charge in [-0.3, -0.25) is 14.4 Å². The summed E-state index contributed by atoms with van der Waals surface area (Å²) >= 11 is 0. The van der Waals surface area contributed by atoms with E-state index < -0.39 is 6.10 Å². The maximum absolute atomic E-state index is 12.9. The van der Waals surface area contributed by atoms with Crippen LogP contribution in [0.1, 0.15) is 342 Å². The van der Waals surface area contributed by atoms with Crippen LogP contribution in [0.15, 0.2) is 0 Å². The van der Waals surface area contributed by atoms with Gasteiger partial charge in [-0.05, 0) is 25.2 Å². The third-order valence-corrected chi connectivity index (χ3v) is 14.2. The van der Waals surface area contributed by atoms with E-state index >= 15 is 0 Å². The molecule has 0 saturated carbocycles. The van der Waals surface area contributed by atoms with E-state index in [-0.39, 0.29) is 31.1 Å². The minimum Gasteiger partial charge on any atom is -0.462 e. The third kappa shape index (κ3) is 51.8. The van der Waals surface area contributed by atoms with Crippen molar-refractivity contribution in [2.45, 2.75) is 348 Å². The molecule has 0 aromatic carbocycles. The highest BCUT2D eigenvalue weighted by molar-refractivity contribution is 5.71. The normalized spacial score (nSPS) is 12.4. The molecule has 0 amide bonds. The van der Waals surface area contributed by atoms with E-state index in [4.69, 9.17) is 14.2 Å². The average Bonchev–Trinajstić information content (AvgIpc) is 3.32. The molecule has 66 heavy (non-hydrogen) atoms. The first-order valence-corrected chi connectivity index (χ1v) is 29.9. The summed E-state index contributed by atoms with van der Waals surface area (Å²) in [6.07, 6.45) is 59.4. The van der Waals surface area contributed by atoms with Gasteiger partial charge in [0.05, 0.1) is 0 Å². The topological polar surface area (TPSA) is 78.9 Å². The summed E-state index contributed by atoms with van der Waals surface area (Å²) in [5, 5.41) is 0. The average molecular weight is 934 g/mol. The van der Waals surface area contributed by atoms with Crippen molar-refractivity contribution in [3.8, 4) is 0 Å². The first kappa shape index (κ1) is 64.4. The van der Waals surface area contributed by atoms with Crippen molar-refractivity contribution in [1.82, 2.24) is 0 Å². The summed E-state index contributed by atoms with van der Waals surface area (Å²) in [7, 11) is 0. The summed E-state index contributed by atoms with van der Waals surface area (Å²) in [5.41, 5.74) is 0. The minimum atomic E-state index is -0.762. The number of esters is 3. The molecule has 1 unspecified atom stereocenters. The summed E-state index contributed by atoms with van der Waals surface area (Å²) < 4.78 is 16.9. The van der Waals surface area contributed by atoms with Crippen molar-refractivity contribution >= 4 is 17.9 Å². The Morgan fingerprint density at radius 1 is 0.303 bits per heavy atom. The van der Waals surface area contributed by atoms with Crippen LogP contribution in [-0.4, -0.2) is 37.2 Å². The first-order chi connectivity index (χ1) is 32.4. The van der Waals surface area contributed by atoms with Crippen LogP contribution in [0.25, 0.3) is 0 Å². The Morgan fingerprint density at radius 3 is 0.788 bits per heavy atom. The van der Waals surface area contributed by atoms with Gasteiger partial charge in [0.2, 0.25) is 0 Å². The standard InChI is InChI=1S/C60H116O6/c1-5-8-10-12-14-16-18-20-21-22-23-28-32-36-40-44-48-52-59(62)65-55-57(54-64-58(61)51-47-43-39-35-31-26-19-17-15-13-11-9-6-2)66-60(63)53-49-45-41-37-33-29-25-24-27-30-34-38-42-46-50-56(4)7-3/h56-57H,5-55H2,1-4H3/t56?,57-/m0/s1. The SMILES string of the molecule is CCCCCCCCCCCCCCCCCCCC(=O)OC[C@H](COC(=O)CCCCCCCCCCCCCCC)OC(=O)CCCCCCCCCCCCCCCCC(C)CC. The summed E-state index contributed by atoms with van der Waals surface area (Å²) in [5.74, 6) is 0.0618. The molecule has 0 radical (unpaired) electrons. The van der Waals surface area contributed by atoms with E-state index in [0.29, 0.717) is 19.3 Å². The van der Waals surface area contributed by atoms with E-state index in [1.807, 2.05) is 0 Å². The zero-order valence-corrected chi connectivity index (χ0v) is 45.2. The molecular weight excluding hydrogens is 817 g/mol. The van der Waals surface area contributed by atoms with E-state index in [0.717, 1.165) is 63.7 Å². The fourth-order valence-electron chi connectivity index (χ4n) is 9.25. The highest BCUT2D eigenvalue weighted by Gasteiger charge is 2.19. The highest BCUT2D eigenvalue weighted by Crippen LogP contribution is 2.19. The third-order valence-electron chi connectivity index (χ3n) is 14.2. The molecule has 0 aromatic rings. The lowest BCUT2D eigenvalue weighted by atomic mass is 9.99. The summed E-state index contributed by atoms with van der Waals surface area (Å²) in [4.78, 5) is 38.2. The molecule has 2 atom stereocenters. The molecule has 0 fully saturated rings. The molecule has 0 rings (SSSR count). The number of carbonyl (C=O) groups is 3. The Bertz CT molecular complexity index is 998. The Hall–Kier alpha value is -1.59. The Balaban J connectivity index is 4.28. The zero-order chi connectivity index (χ0) is 48.1. The van der Waals surface area contributed by atoms with Crippen molar-refractivity contribution in [3.63, 3.8) is 0 Å². The second-order valence-corrected chi connectivity index (χ2v) is 20.9. The van der Waals surface area contributed by atoms with Crippen molar-refractivity contribution < 1.29 is 28.6 Å². The number of hydrogen-bond donors (Lipinski definition) is 0. The maximum atomic E-state index is 12.9. The summed E-state index contributed by atoms with van der Waals surface area (Å²) in [6, 6.07) is 0. The van der Waals surface area contributed by atoms with E-state index in [1.165, 1.54) is 238 Å². The molecule has 0 spiro atoms. The van der Waals surface area contributed by atoms with Crippen LogP contribution in [0, 0.1) is 5.92 Å². The molecule has 0 aliphatic carbocycles. The molecule has 6 nitrogen and oxygen atoms in total. The Kier molecular flexibility index (Phi) is 53.0. The van der Waals surface area contributed by atoms with Gasteiger partial charge in [-0.2, -0.15) is 0 Å². The number of ether oxygens (including phenoxy) is 3. The van der Waals surface area contributed by atoms with Crippen molar-refractivity contribution in [2.24, 2.45) is 5.92 Å². The maximum Gasteiger partial charge on any atom is 0.306 e. The van der Waals surface area contributed by atoms with Crippen LogP contribution in [-0.2, 0) is 28.6 Å². The fraction of sp³-hybridized carbons (Fsp3) is 0.950. The van der Waals surface area contributed by atoms with Crippen molar-refractivity contribution in [2.75, 3.05) is 13.2 Å².